The van der Waals surface area contributed by atoms with Crippen LogP contribution in [0, 0.1) is 5.82 Å². The minimum Gasteiger partial charge on any atom is -0.352 e. The van der Waals surface area contributed by atoms with Gasteiger partial charge in [-0.1, -0.05) is 44.2 Å². The van der Waals surface area contributed by atoms with Crippen LogP contribution >= 0.6 is 11.3 Å². The molecule has 0 unspecified atom stereocenters. The van der Waals surface area contributed by atoms with E-state index < -0.39 is 0 Å². The van der Waals surface area contributed by atoms with Crippen molar-refractivity contribution in [2.75, 3.05) is 0 Å². The van der Waals surface area contributed by atoms with Crippen LogP contribution in [-0.2, 0) is 11.3 Å². The van der Waals surface area contributed by atoms with Gasteiger partial charge in [-0.2, -0.15) is 0 Å². The molecule has 4 rings (SSSR count). The summed E-state index contributed by atoms with van der Waals surface area (Å²) in [6.45, 7) is -0.0447. The van der Waals surface area contributed by atoms with Gasteiger partial charge in [-0.05, 0) is 30.5 Å². The van der Waals surface area contributed by atoms with Crippen molar-refractivity contribution in [2.45, 2.75) is 57.5 Å². The number of carbonyl (C=O) groups is 1. The van der Waals surface area contributed by atoms with Crippen molar-refractivity contribution in [3.63, 3.8) is 0 Å². The van der Waals surface area contributed by atoms with Gasteiger partial charge in [-0.15, -0.1) is 11.3 Å². The van der Waals surface area contributed by atoms with E-state index in [0.717, 1.165) is 36.8 Å². The van der Waals surface area contributed by atoms with E-state index in [9.17, 15) is 14.0 Å². The Hall–Kier alpha value is -2.54. The maximum atomic E-state index is 13.2. The van der Waals surface area contributed by atoms with Crippen LogP contribution in [0.4, 0.5) is 4.39 Å². The summed E-state index contributed by atoms with van der Waals surface area (Å²) in [6.07, 6.45) is 9.41. The first kappa shape index (κ1) is 19.8. The van der Waals surface area contributed by atoms with Crippen LogP contribution in [0.5, 0.6) is 0 Å². The molecule has 1 aliphatic carbocycles. The molecule has 152 valence electrons. The summed E-state index contributed by atoms with van der Waals surface area (Å²) in [6, 6.07) is 6.22. The number of hydrogen-bond acceptors (Lipinski definition) is 4. The first-order valence-corrected chi connectivity index (χ1v) is 11.0. The molecule has 1 fully saturated rings. The van der Waals surface area contributed by atoms with E-state index in [1.165, 1.54) is 53.6 Å². The lowest BCUT2D eigenvalue weighted by molar-refractivity contribution is -0.122. The lowest BCUT2D eigenvalue weighted by atomic mass is 9.97. The van der Waals surface area contributed by atoms with Crippen molar-refractivity contribution in [3.05, 3.63) is 52.1 Å². The minimum atomic E-state index is -0.324. The number of nitrogens with one attached hydrogen (secondary N) is 1. The fraction of sp³-hybridized carbons (Fsp3) is 0.409. The fourth-order valence-electron chi connectivity index (χ4n) is 3.95. The molecule has 1 aromatic carbocycles. The van der Waals surface area contributed by atoms with Gasteiger partial charge in [0.15, 0.2) is 0 Å². The molecule has 0 bridgehead atoms. The Bertz CT molecular complexity index is 1050. The predicted molar refractivity (Wildman–Crippen MR) is 114 cm³/mol. The molecular formula is C22H24FN3O2S. The third-order valence-electron chi connectivity index (χ3n) is 5.50. The van der Waals surface area contributed by atoms with Crippen molar-refractivity contribution in [3.8, 4) is 11.1 Å². The summed E-state index contributed by atoms with van der Waals surface area (Å²) in [4.78, 5) is 30.6. The zero-order chi connectivity index (χ0) is 20.2. The van der Waals surface area contributed by atoms with Crippen molar-refractivity contribution >= 4 is 27.5 Å². The first-order chi connectivity index (χ1) is 14.1. The number of thiophene rings is 1. The number of fused-ring (bicyclic) bond motifs is 1. The van der Waals surface area contributed by atoms with Gasteiger partial charge in [0.2, 0.25) is 5.91 Å². The van der Waals surface area contributed by atoms with Crippen molar-refractivity contribution < 1.29 is 9.18 Å². The van der Waals surface area contributed by atoms with Gasteiger partial charge in [-0.25, -0.2) is 9.37 Å². The number of hydrogen-bond donors (Lipinski definition) is 1. The van der Waals surface area contributed by atoms with Gasteiger partial charge in [0, 0.05) is 17.0 Å². The van der Waals surface area contributed by atoms with E-state index in [2.05, 4.69) is 10.3 Å². The van der Waals surface area contributed by atoms with Crippen LogP contribution in [0.25, 0.3) is 21.3 Å². The highest BCUT2D eigenvalue weighted by Gasteiger charge is 2.17. The zero-order valence-corrected chi connectivity index (χ0v) is 17.0. The second-order valence-electron chi connectivity index (χ2n) is 7.62. The molecule has 0 atom stereocenters. The Labute approximate surface area is 172 Å². The monoisotopic (exact) mass is 413 g/mol. The second kappa shape index (κ2) is 8.86. The number of benzene rings is 1. The summed E-state index contributed by atoms with van der Waals surface area (Å²) in [7, 11) is 0. The number of halogens is 1. The standard InChI is InChI=1S/C22H24FN3O2S/c23-16-10-8-15(9-11-16)18-13-29-21-20(18)22(28)26(14-24-21)12-19(27)25-17-6-4-2-1-3-5-7-17/h8-11,13-14,17H,1-7,12H2,(H,25,27). The lowest BCUT2D eigenvalue weighted by Gasteiger charge is -2.21. The molecule has 1 aliphatic rings. The van der Waals surface area contributed by atoms with Crippen molar-refractivity contribution in [1.29, 1.82) is 0 Å². The quantitative estimate of drug-likeness (QED) is 0.685. The molecule has 2 heterocycles. The van der Waals surface area contributed by atoms with E-state index in [4.69, 9.17) is 0 Å². The highest BCUT2D eigenvalue weighted by molar-refractivity contribution is 7.17. The van der Waals surface area contributed by atoms with Gasteiger partial charge < -0.3 is 5.32 Å². The molecule has 3 aromatic rings. The highest BCUT2D eigenvalue weighted by Crippen LogP contribution is 2.30. The second-order valence-corrected chi connectivity index (χ2v) is 8.48. The molecule has 0 radical (unpaired) electrons. The molecule has 7 heteroatoms. The van der Waals surface area contributed by atoms with Gasteiger partial charge in [0.1, 0.15) is 17.2 Å². The molecule has 1 amide bonds. The number of rotatable bonds is 4. The van der Waals surface area contributed by atoms with Crippen LogP contribution in [0.15, 0.2) is 40.8 Å². The van der Waals surface area contributed by atoms with Crippen LogP contribution < -0.4 is 10.9 Å². The molecule has 0 spiro atoms. The summed E-state index contributed by atoms with van der Waals surface area (Å²) >= 11 is 1.37. The molecule has 1 N–H and O–H groups in total. The Morgan fingerprint density at radius 1 is 1.14 bits per heavy atom. The Morgan fingerprint density at radius 2 is 1.83 bits per heavy atom. The summed E-state index contributed by atoms with van der Waals surface area (Å²) in [5.74, 6) is -0.480. The molecule has 29 heavy (non-hydrogen) atoms. The molecule has 5 nitrogen and oxygen atoms in total. The molecule has 2 aromatic heterocycles. The SMILES string of the molecule is O=C(Cn1cnc2scc(-c3ccc(F)cc3)c2c1=O)NC1CCCCCCC1. The van der Waals surface area contributed by atoms with Crippen LogP contribution in [0.2, 0.25) is 0 Å². The van der Waals surface area contributed by atoms with Crippen molar-refractivity contribution in [2.24, 2.45) is 0 Å². The largest absolute Gasteiger partial charge is 0.352 e. The summed E-state index contributed by atoms with van der Waals surface area (Å²) < 4.78 is 14.6. The first-order valence-electron chi connectivity index (χ1n) is 10.1. The van der Waals surface area contributed by atoms with Crippen LogP contribution in [0.1, 0.15) is 44.9 Å². The van der Waals surface area contributed by atoms with E-state index in [1.807, 2.05) is 5.38 Å². The maximum absolute atomic E-state index is 13.2. The smallest absolute Gasteiger partial charge is 0.263 e. The highest BCUT2D eigenvalue weighted by atomic mass is 32.1. The average Bonchev–Trinajstić information content (AvgIpc) is 3.12. The fourth-order valence-corrected chi connectivity index (χ4v) is 4.86. The summed E-state index contributed by atoms with van der Waals surface area (Å²) in [5, 5.41) is 5.42. The summed E-state index contributed by atoms with van der Waals surface area (Å²) in [5.41, 5.74) is 1.23. The number of amides is 1. The van der Waals surface area contributed by atoms with Gasteiger partial charge in [0.05, 0.1) is 11.7 Å². The van der Waals surface area contributed by atoms with Gasteiger partial charge >= 0.3 is 0 Å². The molecule has 0 saturated heterocycles. The van der Waals surface area contributed by atoms with E-state index >= 15 is 0 Å². The number of aromatic nitrogens is 2. The lowest BCUT2D eigenvalue weighted by Crippen LogP contribution is -2.39. The van der Waals surface area contributed by atoms with E-state index in [1.54, 1.807) is 12.1 Å². The predicted octanol–water partition coefficient (Wildman–Crippen LogP) is 4.49. The number of nitrogens with zero attached hydrogens (tertiary/aromatic N) is 2. The van der Waals surface area contributed by atoms with Crippen LogP contribution in [0.3, 0.4) is 0 Å². The third kappa shape index (κ3) is 4.56. The van der Waals surface area contributed by atoms with Crippen LogP contribution in [-0.4, -0.2) is 21.5 Å². The maximum Gasteiger partial charge on any atom is 0.263 e. The van der Waals surface area contributed by atoms with E-state index in [-0.39, 0.29) is 29.9 Å². The minimum absolute atomic E-state index is 0.0447. The average molecular weight is 414 g/mol. The van der Waals surface area contributed by atoms with Gasteiger partial charge in [-0.3, -0.25) is 14.2 Å². The van der Waals surface area contributed by atoms with Crippen molar-refractivity contribution in [1.82, 2.24) is 14.9 Å². The number of carbonyl (C=O) groups excluding carboxylic acids is 1. The Morgan fingerprint density at radius 3 is 2.55 bits per heavy atom. The normalized spacial score (nSPS) is 15.8. The zero-order valence-electron chi connectivity index (χ0n) is 16.2. The Kier molecular flexibility index (Phi) is 6.04. The van der Waals surface area contributed by atoms with E-state index in [0.29, 0.717) is 10.2 Å². The molecule has 0 aliphatic heterocycles. The molecular weight excluding hydrogens is 389 g/mol. The van der Waals surface area contributed by atoms with Gasteiger partial charge in [0.25, 0.3) is 5.56 Å². The third-order valence-corrected chi connectivity index (χ3v) is 6.39. The molecule has 1 saturated carbocycles. The topological polar surface area (TPSA) is 64.0 Å². The Balaban J connectivity index is 1.55.